The Morgan fingerprint density at radius 1 is 0.891 bits per heavy atom. The van der Waals surface area contributed by atoms with Gasteiger partial charge in [-0.05, 0) is 66.6 Å². The fourth-order valence-electron chi connectivity index (χ4n) is 5.75. The van der Waals surface area contributed by atoms with Crippen molar-refractivity contribution in [1.82, 2.24) is 4.90 Å². The summed E-state index contributed by atoms with van der Waals surface area (Å²) < 4.78 is 19.3. The molecule has 1 unspecified atom stereocenters. The number of carbonyl (C=O) groups is 4. The van der Waals surface area contributed by atoms with Crippen LogP contribution in [-0.2, 0) is 25.7 Å². The predicted molar refractivity (Wildman–Crippen MR) is 172 cm³/mol. The average Bonchev–Trinajstić information content (AvgIpc) is 3.31. The highest BCUT2D eigenvalue weighted by atomic mass is 19.1. The second-order valence-electron chi connectivity index (χ2n) is 11.3. The number of rotatable bonds is 9. The molecular formula is C36H33FN4O5. The number of ether oxygens (including phenoxy) is 1. The van der Waals surface area contributed by atoms with Crippen molar-refractivity contribution in [2.75, 3.05) is 48.0 Å². The number of nitrogens with zero attached hydrogens (tertiary/aromatic N) is 3. The van der Waals surface area contributed by atoms with E-state index >= 15 is 0 Å². The van der Waals surface area contributed by atoms with Crippen LogP contribution in [0.5, 0.6) is 0 Å². The molecule has 0 aliphatic carbocycles. The highest BCUT2D eigenvalue weighted by Gasteiger charge is 2.39. The average molecular weight is 621 g/mol. The number of hydrogen-bond donors (Lipinski definition) is 1. The maximum atomic E-state index is 14.2. The number of fused-ring (bicyclic) bond motifs is 1. The second-order valence-corrected chi connectivity index (χ2v) is 11.3. The van der Waals surface area contributed by atoms with Gasteiger partial charge in [0.25, 0.3) is 17.6 Å². The summed E-state index contributed by atoms with van der Waals surface area (Å²) in [4.78, 5) is 58.8. The van der Waals surface area contributed by atoms with Crippen molar-refractivity contribution in [3.8, 4) is 0 Å². The Morgan fingerprint density at radius 2 is 1.57 bits per heavy atom. The minimum atomic E-state index is -1.12. The van der Waals surface area contributed by atoms with Crippen LogP contribution in [0.3, 0.4) is 0 Å². The molecular weight excluding hydrogens is 587 g/mol. The van der Waals surface area contributed by atoms with Crippen molar-refractivity contribution in [2.45, 2.75) is 19.5 Å². The normalized spacial score (nSPS) is 15.0. The standard InChI is InChI=1S/C36H33FN4O5/c1-24-6-10-26(11-7-24)33(35(44)38-28-14-16-29(17-15-28)39-18-20-46-21-19-39)41(22-25-8-12-27(37)13-9-25)32(42)23-40-31-5-3-2-4-30(31)34(43)36(40)45/h2-17,33H,18-23H2,1H3,(H,38,44). The molecule has 234 valence electrons. The molecule has 9 nitrogen and oxygen atoms in total. The molecule has 1 atom stereocenters. The highest BCUT2D eigenvalue weighted by molar-refractivity contribution is 6.52. The summed E-state index contributed by atoms with van der Waals surface area (Å²) in [6.07, 6.45) is 0. The van der Waals surface area contributed by atoms with Gasteiger partial charge in [-0.1, -0.05) is 54.1 Å². The third kappa shape index (κ3) is 6.52. The summed E-state index contributed by atoms with van der Waals surface area (Å²) in [6, 6.07) is 25.8. The second kappa shape index (κ2) is 13.3. The number of carbonyl (C=O) groups excluding carboxylic acids is 4. The van der Waals surface area contributed by atoms with Gasteiger partial charge >= 0.3 is 0 Å². The summed E-state index contributed by atoms with van der Waals surface area (Å²) in [7, 11) is 0. The highest BCUT2D eigenvalue weighted by Crippen LogP contribution is 2.31. The number of amides is 3. The van der Waals surface area contributed by atoms with Gasteiger partial charge in [0.1, 0.15) is 18.4 Å². The van der Waals surface area contributed by atoms with E-state index in [0.717, 1.165) is 29.2 Å². The molecule has 4 aromatic rings. The van der Waals surface area contributed by atoms with E-state index in [2.05, 4.69) is 10.2 Å². The molecule has 0 spiro atoms. The van der Waals surface area contributed by atoms with Crippen molar-refractivity contribution in [3.05, 3.63) is 125 Å². The summed E-state index contributed by atoms with van der Waals surface area (Å²) in [5.74, 6) is -2.98. The Hall–Kier alpha value is -5.35. The van der Waals surface area contributed by atoms with Crippen molar-refractivity contribution >= 4 is 40.6 Å². The molecule has 2 heterocycles. The third-order valence-corrected chi connectivity index (χ3v) is 8.22. The number of hydrogen-bond acceptors (Lipinski definition) is 6. The lowest BCUT2D eigenvalue weighted by Crippen LogP contribution is -2.46. The topological polar surface area (TPSA) is 99.3 Å². The molecule has 1 saturated heterocycles. The minimum Gasteiger partial charge on any atom is -0.378 e. The van der Waals surface area contributed by atoms with Crippen molar-refractivity contribution in [2.24, 2.45) is 0 Å². The van der Waals surface area contributed by atoms with E-state index in [4.69, 9.17) is 4.74 Å². The fraction of sp³-hybridized carbons (Fsp3) is 0.222. The van der Waals surface area contributed by atoms with Gasteiger partial charge in [0.2, 0.25) is 5.91 Å². The first-order valence-electron chi connectivity index (χ1n) is 15.1. The Morgan fingerprint density at radius 3 is 2.26 bits per heavy atom. The van der Waals surface area contributed by atoms with Crippen LogP contribution in [-0.4, -0.2) is 61.3 Å². The molecule has 2 aliphatic heterocycles. The zero-order valence-corrected chi connectivity index (χ0v) is 25.3. The van der Waals surface area contributed by atoms with Crippen molar-refractivity contribution in [3.63, 3.8) is 0 Å². The fourth-order valence-corrected chi connectivity index (χ4v) is 5.75. The van der Waals surface area contributed by atoms with Crippen molar-refractivity contribution < 1.29 is 28.3 Å². The van der Waals surface area contributed by atoms with E-state index in [9.17, 15) is 23.6 Å². The Labute approximate surface area is 266 Å². The molecule has 0 saturated carbocycles. The van der Waals surface area contributed by atoms with Gasteiger partial charge in [0.05, 0.1) is 24.5 Å². The summed E-state index contributed by atoms with van der Waals surface area (Å²) in [6.45, 7) is 4.25. The summed E-state index contributed by atoms with van der Waals surface area (Å²) >= 11 is 0. The van der Waals surface area contributed by atoms with Gasteiger partial charge in [-0.2, -0.15) is 0 Å². The molecule has 6 rings (SSSR count). The minimum absolute atomic E-state index is 0.0569. The zero-order valence-electron chi connectivity index (χ0n) is 25.3. The predicted octanol–water partition coefficient (Wildman–Crippen LogP) is 4.91. The number of anilines is 3. The number of para-hydroxylation sites is 1. The van der Waals surface area contributed by atoms with Crippen LogP contribution in [0, 0.1) is 12.7 Å². The molecule has 1 fully saturated rings. The molecule has 1 N–H and O–H groups in total. The number of ketones is 1. The van der Waals surface area contributed by atoms with Crippen molar-refractivity contribution in [1.29, 1.82) is 0 Å². The van der Waals surface area contributed by atoms with Crippen LogP contribution in [0.4, 0.5) is 21.5 Å². The first-order valence-corrected chi connectivity index (χ1v) is 15.1. The zero-order chi connectivity index (χ0) is 32.2. The molecule has 0 radical (unpaired) electrons. The number of aryl methyl sites for hydroxylation is 1. The van der Waals surface area contributed by atoms with E-state index in [1.165, 1.54) is 17.0 Å². The molecule has 0 aromatic heterocycles. The molecule has 4 aromatic carbocycles. The van der Waals surface area contributed by atoms with Gasteiger partial charge in [-0.15, -0.1) is 0 Å². The largest absolute Gasteiger partial charge is 0.378 e. The lowest BCUT2D eigenvalue weighted by molar-refractivity contribution is -0.139. The SMILES string of the molecule is Cc1ccc(C(C(=O)Nc2ccc(N3CCOCC3)cc2)N(Cc2ccc(F)cc2)C(=O)CN2C(=O)C(=O)c3ccccc32)cc1. The number of Topliss-reactive ketones (excluding diaryl/α,β-unsaturated/α-hetero) is 1. The number of halogens is 1. The molecule has 46 heavy (non-hydrogen) atoms. The van der Waals surface area contributed by atoms with Crippen LogP contribution in [0.25, 0.3) is 0 Å². The van der Waals surface area contributed by atoms with E-state index in [-0.39, 0.29) is 12.1 Å². The lowest BCUT2D eigenvalue weighted by atomic mass is 10.0. The first kappa shape index (κ1) is 30.7. The number of nitrogens with one attached hydrogen (secondary N) is 1. The molecule has 3 amide bonds. The van der Waals surface area contributed by atoms with E-state index in [1.54, 1.807) is 48.5 Å². The summed E-state index contributed by atoms with van der Waals surface area (Å²) in [5, 5.41) is 2.97. The summed E-state index contributed by atoms with van der Waals surface area (Å²) in [5.41, 5.74) is 4.21. The van der Waals surface area contributed by atoms with Crippen LogP contribution in [0.15, 0.2) is 97.1 Å². The smallest absolute Gasteiger partial charge is 0.299 e. The number of benzene rings is 4. The van der Waals surface area contributed by atoms with E-state index in [0.29, 0.717) is 35.7 Å². The molecule has 0 bridgehead atoms. The van der Waals surface area contributed by atoms with E-state index in [1.807, 2.05) is 43.3 Å². The Kier molecular flexibility index (Phi) is 8.89. The Balaban J connectivity index is 1.33. The van der Waals surface area contributed by atoms with Crippen LogP contribution in [0.2, 0.25) is 0 Å². The van der Waals surface area contributed by atoms with Gasteiger partial charge in [0, 0.05) is 31.0 Å². The van der Waals surface area contributed by atoms with Crippen LogP contribution < -0.4 is 15.1 Å². The quantitative estimate of drug-likeness (QED) is 0.267. The first-order chi connectivity index (χ1) is 22.3. The van der Waals surface area contributed by atoms with Gasteiger partial charge < -0.3 is 19.9 Å². The monoisotopic (exact) mass is 620 g/mol. The molecule has 10 heteroatoms. The lowest BCUT2D eigenvalue weighted by Gasteiger charge is -2.33. The molecule has 2 aliphatic rings. The maximum Gasteiger partial charge on any atom is 0.299 e. The van der Waals surface area contributed by atoms with Gasteiger partial charge in [0.15, 0.2) is 0 Å². The van der Waals surface area contributed by atoms with Crippen LogP contribution >= 0.6 is 0 Å². The van der Waals surface area contributed by atoms with Crippen LogP contribution in [0.1, 0.15) is 33.1 Å². The van der Waals surface area contributed by atoms with Gasteiger partial charge in [-0.25, -0.2) is 4.39 Å². The Bertz CT molecular complexity index is 1750. The third-order valence-electron chi connectivity index (χ3n) is 8.22. The van der Waals surface area contributed by atoms with Gasteiger partial charge in [-0.3, -0.25) is 24.1 Å². The maximum absolute atomic E-state index is 14.2. The van der Waals surface area contributed by atoms with E-state index < -0.39 is 41.9 Å². The number of morpholine rings is 1.